The molecule has 0 saturated heterocycles. The summed E-state index contributed by atoms with van der Waals surface area (Å²) in [6.45, 7) is 5.77. The number of nitrogens with one attached hydrogen (secondary N) is 1. The average Bonchev–Trinajstić information content (AvgIpc) is 2.59. The molecule has 2 rings (SSSR count). The number of amides is 1. The topological polar surface area (TPSA) is 66.5 Å². The maximum absolute atomic E-state index is 13.2. The van der Waals surface area contributed by atoms with E-state index in [1.165, 1.54) is 24.3 Å². The van der Waals surface area contributed by atoms with Crippen molar-refractivity contribution < 1.29 is 17.6 Å². The molecule has 0 saturated carbocycles. The lowest BCUT2D eigenvalue weighted by Gasteiger charge is -2.30. The number of nitrogens with zero attached hydrogens (tertiary/aromatic N) is 1. The molecule has 0 aliphatic heterocycles. The second kappa shape index (κ2) is 8.52. The monoisotopic (exact) mass is 392 g/mol. The Bertz CT molecular complexity index is 896. The van der Waals surface area contributed by atoms with E-state index in [9.17, 15) is 17.6 Å². The number of sulfonamides is 1. The van der Waals surface area contributed by atoms with E-state index < -0.39 is 27.8 Å². The highest BCUT2D eigenvalue weighted by molar-refractivity contribution is 7.92. The Morgan fingerprint density at radius 1 is 1.11 bits per heavy atom. The molecule has 7 heteroatoms. The Balaban J connectivity index is 2.40. The van der Waals surface area contributed by atoms with E-state index in [0.717, 1.165) is 16.1 Å². The van der Waals surface area contributed by atoms with Crippen molar-refractivity contribution in [2.75, 3.05) is 15.9 Å². The van der Waals surface area contributed by atoms with Gasteiger partial charge in [-0.2, -0.15) is 0 Å². The van der Waals surface area contributed by atoms with Gasteiger partial charge in [-0.15, -0.1) is 0 Å². The van der Waals surface area contributed by atoms with Crippen LogP contribution in [0.3, 0.4) is 0 Å². The van der Waals surface area contributed by atoms with Crippen LogP contribution in [-0.4, -0.2) is 26.6 Å². The molecule has 0 heterocycles. The first kappa shape index (κ1) is 20.9. The molecule has 0 aliphatic carbocycles. The van der Waals surface area contributed by atoms with Crippen LogP contribution >= 0.6 is 0 Å². The zero-order chi connectivity index (χ0) is 20.2. The van der Waals surface area contributed by atoms with Gasteiger partial charge in [0.25, 0.3) is 0 Å². The van der Waals surface area contributed by atoms with Gasteiger partial charge in [-0.3, -0.25) is 9.10 Å². The minimum Gasteiger partial charge on any atom is -0.324 e. The van der Waals surface area contributed by atoms with Crippen LogP contribution in [-0.2, 0) is 14.8 Å². The Labute approximate surface area is 160 Å². The molecule has 0 bridgehead atoms. The molecule has 146 valence electrons. The fourth-order valence-electron chi connectivity index (χ4n) is 2.98. The number of carbonyl (C=O) groups excluding carboxylic acids is 1. The summed E-state index contributed by atoms with van der Waals surface area (Å²) in [5.41, 5.74) is 1.87. The van der Waals surface area contributed by atoms with Crippen molar-refractivity contribution in [2.45, 2.75) is 39.2 Å². The minimum absolute atomic E-state index is 0.199. The van der Waals surface area contributed by atoms with Crippen LogP contribution in [0.25, 0.3) is 0 Å². The third-order valence-electron chi connectivity index (χ3n) is 4.25. The Morgan fingerprint density at radius 2 is 1.70 bits per heavy atom. The zero-order valence-electron chi connectivity index (χ0n) is 15.9. The third kappa shape index (κ3) is 5.07. The van der Waals surface area contributed by atoms with Gasteiger partial charge in [0.2, 0.25) is 15.9 Å². The van der Waals surface area contributed by atoms with Crippen LogP contribution in [0.2, 0.25) is 0 Å². The Hall–Kier alpha value is -2.41. The first-order valence-corrected chi connectivity index (χ1v) is 10.6. The van der Waals surface area contributed by atoms with Crippen molar-refractivity contribution in [2.24, 2.45) is 0 Å². The fourth-order valence-corrected chi connectivity index (χ4v) is 4.19. The first-order valence-electron chi connectivity index (χ1n) is 8.80. The predicted octanol–water partition coefficient (Wildman–Crippen LogP) is 4.13. The summed E-state index contributed by atoms with van der Waals surface area (Å²) in [5, 5.41) is 2.86. The molecule has 1 atom stereocenters. The molecule has 0 spiro atoms. The standard InChI is InChI=1S/C20H25FN2O3S/c1-5-19(20(24)22-18-9-7-6-8-17(18)14(2)3)23(27(4,25)26)16-12-10-15(21)11-13-16/h6-14,19H,5H2,1-4H3,(H,22,24). The number of carbonyl (C=O) groups is 1. The van der Waals surface area contributed by atoms with Crippen LogP contribution in [0.1, 0.15) is 38.7 Å². The summed E-state index contributed by atoms with van der Waals surface area (Å²) >= 11 is 0. The normalized spacial score (nSPS) is 12.7. The fraction of sp³-hybridized carbons (Fsp3) is 0.350. The number of para-hydroxylation sites is 1. The lowest BCUT2D eigenvalue weighted by atomic mass is 10.0. The van der Waals surface area contributed by atoms with E-state index in [1.807, 2.05) is 32.0 Å². The van der Waals surface area contributed by atoms with Crippen LogP contribution in [0.4, 0.5) is 15.8 Å². The van der Waals surface area contributed by atoms with Gasteiger partial charge in [-0.05, 0) is 48.2 Å². The SMILES string of the molecule is CCC(C(=O)Nc1ccccc1C(C)C)N(c1ccc(F)cc1)S(C)(=O)=O. The van der Waals surface area contributed by atoms with Gasteiger partial charge in [-0.1, -0.05) is 39.0 Å². The maximum Gasteiger partial charge on any atom is 0.248 e. The van der Waals surface area contributed by atoms with Crippen molar-refractivity contribution in [3.8, 4) is 0 Å². The van der Waals surface area contributed by atoms with Gasteiger partial charge in [-0.25, -0.2) is 12.8 Å². The number of halogens is 1. The van der Waals surface area contributed by atoms with E-state index in [-0.39, 0.29) is 18.0 Å². The summed E-state index contributed by atoms with van der Waals surface area (Å²) in [6.07, 6.45) is 1.30. The molecular weight excluding hydrogens is 367 g/mol. The summed E-state index contributed by atoms with van der Waals surface area (Å²) < 4.78 is 39.1. The molecule has 0 aliphatic rings. The van der Waals surface area contributed by atoms with E-state index in [4.69, 9.17) is 0 Å². The highest BCUT2D eigenvalue weighted by atomic mass is 32.2. The molecule has 0 aromatic heterocycles. The first-order chi connectivity index (χ1) is 12.6. The lowest BCUT2D eigenvalue weighted by Crippen LogP contribution is -2.47. The summed E-state index contributed by atoms with van der Waals surface area (Å²) in [5.74, 6) is -0.708. The zero-order valence-corrected chi connectivity index (χ0v) is 16.8. The second-order valence-electron chi connectivity index (χ2n) is 6.69. The van der Waals surface area contributed by atoms with Crippen LogP contribution in [0, 0.1) is 5.82 Å². The molecule has 2 aromatic rings. The highest BCUT2D eigenvalue weighted by Crippen LogP contribution is 2.26. The van der Waals surface area contributed by atoms with Gasteiger partial charge in [0.1, 0.15) is 11.9 Å². The molecule has 1 amide bonds. The third-order valence-corrected chi connectivity index (χ3v) is 5.43. The van der Waals surface area contributed by atoms with Crippen LogP contribution < -0.4 is 9.62 Å². The number of hydrogen-bond donors (Lipinski definition) is 1. The number of rotatable bonds is 7. The summed E-state index contributed by atoms with van der Waals surface area (Å²) in [7, 11) is -3.76. The van der Waals surface area contributed by atoms with E-state index in [0.29, 0.717) is 5.69 Å². The summed E-state index contributed by atoms with van der Waals surface area (Å²) in [6, 6.07) is 11.5. The van der Waals surface area contributed by atoms with E-state index >= 15 is 0 Å². The van der Waals surface area contributed by atoms with Crippen molar-refractivity contribution in [1.29, 1.82) is 0 Å². The molecular formula is C20H25FN2O3S. The minimum atomic E-state index is -3.76. The van der Waals surface area contributed by atoms with Crippen LogP contribution in [0.5, 0.6) is 0 Å². The Kier molecular flexibility index (Phi) is 6.59. The van der Waals surface area contributed by atoms with Gasteiger partial charge < -0.3 is 5.32 Å². The Morgan fingerprint density at radius 3 is 2.22 bits per heavy atom. The van der Waals surface area contributed by atoms with Gasteiger partial charge in [0.05, 0.1) is 11.9 Å². The molecule has 2 aromatic carbocycles. The van der Waals surface area contributed by atoms with E-state index in [2.05, 4.69) is 5.32 Å². The van der Waals surface area contributed by atoms with Crippen molar-refractivity contribution in [3.05, 3.63) is 59.9 Å². The number of anilines is 2. The van der Waals surface area contributed by atoms with Gasteiger partial charge >= 0.3 is 0 Å². The number of benzene rings is 2. The van der Waals surface area contributed by atoms with E-state index in [1.54, 1.807) is 13.0 Å². The van der Waals surface area contributed by atoms with Crippen molar-refractivity contribution in [3.63, 3.8) is 0 Å². The molecule has 1 unspecified atom stereocenters. The smallest absolute Gasteiger partial charge is 0.248 e. The second-order valence-corrected chi connectivity index (χ2v) is 8.55. The summed E-state index contributed by atoms with van der Waals surface area (Å²) in [4.78, 5) is 13.0. The predicted molar refractivity (Wildman–Crippen MR) is 107 cm³/mol. The molecule has 27 heavy (non-hydrogen) atoms. The largest absolute Gasteiger partial charge is 0.324 e. The quantitative estimate of drug-likeness (QED) is 0.770. The number of hydrogen-bond acceptors (Lipinski definition) is 3. The highest BCUT2D eigenvalue weighted by Gasteiger charge is 2.31. The van der Waals surface area contributed by atoms with Gasteiger partial charge in [0, 0.05) is 5.69 Å². The molecule has 1 N–H and O–H groups in total. The maximum atomic E-state index is 13.2. The van der Waals surface area contributed by atoms with Crippen LogP contribution in [0.15, 0.2) is 48.5 Å². The van der Waals surface area contributed by atoms with Gasteiger partial charge in [0.15, 0.2) is 0 Å². The molecule has 5 nitrogen and oxygen atoms in total. The molecule has 0 radical (unpaired) electrons. The lowest BCUT2D eigenvalue weighted by molar-refractivity contribution is -0.117. The molecule has 0 fully saturated rings. The average molecular weight is 392 g/mol. The van der Waals surface area contributed by atoms with Crippen molar-refractivity contribution >= 4 is 27.3 Å². The van der Waals surface area contributed by atoms with Crippen molar-refractivity contribution in [1.82, 2.24) is 0 Å².